The molecule has 2 heterocycles. The van der Waals surface area contributed by atoms with Crippen LogP contribution >= 0.6 is 11.6 Å². The third kappa shape index (κ3) is 2.05. The molecule has 0 aliphatic carbocycles. The molecule has 4 rings (SSSR count). The van der Waals surface area contributed by atoms with Crippen LogP contribution in [0.5, 0.6) is 0 Å². The highest BCUT2D eigenvalue weighted by molar-refractivity contribution is 6.33. The Morgan fingerprint density at radius 3 is 2.86 bits per heavy atom. The molecule has 0 saturated carbocycles. The number of hydrogen-bond acceptors (Lipinski definition) is 5. The fourth-order valence-corrected chi connectivity index (χ4v) is 2.48. The van der Waals surface area contributed by atoms with E-state index in [0.29, 0.717) is 22.3 Å². The van der Waals surface area contributed by atoms with E-state index >= 15 is 0 Å². The van der Waals surface area contributed by atoms with Gasteiger partial charge in [-0.3, -0.25) is 0 Å². The van der Waals surface area contributed by atoms with E-state index in [2.05, 4.69) is 20.5 Å². The molecule has 0 aliphatic heterocycles. The van der Waals surface area contributed by atoms with E-state index < -0.39 is 0 Å². The van der Waals surface area contributed by atoms with Crippen molar-refractivity contribution in [1.82, 2.24) is 25.1 Å². The lowest BCUT2D eigenvalue weighted by atomic mass is 10.2. The maximum absolute atomic E-state index is 6.15. The molecule has 6 nitrogen and oxygen atoms in total. The average molecular weight is 312 g/mol. The number of hydrogen-bond donors (Lipinski definition) is 0. The van der Waals surface area contributed by atoms with Gasteiger partial charge < -0.3 is 4.52 Å². The molecule has 0 N–H and O–H groups in total. The van der Waals surface area contributed by atoms with Crippen molar-refractivity contribution in [3.05, 3.63) is 47.5 Å². The molecule has 0 aliphatic rings. The number of benzene rings is 2. The van der Waals surface area contributed by atoms with Crippen LogP contribution in [0.2, 0.25) is 5.02 Å². The minimum absolute atomic E-state index is 0.389. The van der Waals surface area contributed by atoms with Crippen molar-refractivity contribution in [3.8, 4) is 22.8 Å². The fourth-order valence-electron chi connectivity index (χ4n) is 2.26. The van der Waals surface area contributed by atoms with E-state index in [1.165, 1.54) is 0 Å². The van der Waals surface area contributed by atoms with Crippen LogP contribution in [0.15, 0.2) is 47.0 Å². The van der Waals surface area contributed by atoms with E-state index in [0.717, 1.165) is 16.6 Å². The summed E-state index contributed by atoms with van der Waals surface area (Å²) in [6.07, 6.45) is 0. The second-order valence-electron chi connectivity index (χ2n) is 4.82. The van der Waals surface area contributed by atoms with Gasteiger partial charge in [0.2, 0.25) is 5.82 Å². The summed E-state index contributed by atoms with van der Waals surface area (Å²) in [7, 11) is 1.85. The SMILES string of the molecule is Cn1nnc2cc(-c3noc(-c4ccccc4Cl)n3)ccc21. The number of aromatic nitrogens is 5. The molecule has 0 fully saturated rings. The van der Waals surface area contributed by atoms with Crippen LogP contribution in [0, 0.1) is 0 Å². The molecule has 0 unspecified atom stereocenters. The standard InChI is InChI=1S/C15H10ClN5O/c1-21-13-7-6-9(8-12(13)18-20-21)14-17-15(22-19-14)10-4-2-3-5-11(10)16/h2-8H,1H3. The zero-order valence-electron chi connectivity index (χ0n) is 11.6. The maximum atomic E-state index is 6.15. The number of rotatable bonds is 2. The van der Waals surface area contributed by atoms with Crippen LogP contribution in [-0.4, -0.2) is 25.1 Å². The van der Waals surface area contributed by atoms with Crippen molar-refractivity contribution in [1.29, 1.82) is 0 Å². The van der Waals surface area contributed by atoms with Gasteiger partial charge in [-0.05, 0) is 30.3 Å². The summed E-state index contributed by atoms with van der Waals surface area (Å²) in [6, 6.07) is 13.1. The molecule has 0 radical (unpaired) electrons. The van der Waals surface area contributed by atoms with Gasteiger partial charge in [0, 0.05) is 12.6 Å². The lowest BCUT2D eigenvalue weighted by molar-refractivity contribution is 0.432. The number of aryl methyl sites for hydroxylation is 1. The molecule has 108 valence electrons. The lowest BCUT2D eigenvalue weighted by Gasteiger charge is -1.96. The predicted molar refractivity (Wildman–Crippen MR) is 82.2 cm³/mol. The zero-order chi connectivity index (χ0) is 15.1. The Bertz CT molecular complexity index is 975. The Morgan fingerprint density at radius 1 is 1.14 bits per heavy atom. The Labute approximate surface area is 130 Å². The summed E-state index contributed by atoms with van der Waals surface area (Å²) < 4.78 is 7.03. The van der Waals surface area contributed by atoms with Crippen LogP contribution in [-0.2, 0) is 7.05 Å². The smallest absolute Gasteiger partial charge is 0.259 e. The molecule has 2 aromatic heterocycles. The fraction of sp³-hybridized carbons (Fsp3) is 0.0667. The van der Waals surface area contributed by atoms with E-state index in [4.69, 9.17) is 16.1 Å². The van der Waals surface area contributed by atoms with Crippen molar-refractivity contribution in [2.45, 2.75) is 0 Å². The highest BCUT2D eigenvalue weighted by Crippen LogP contribution is 2.28. The summed E-state index contributed by atoms with van der Waals surface area (Å²) in [4.78, 5) is 4.41. The molecule has 7 heteroatoms. The van der Waals surface area contributed by atoms with Gasteiger partial charge in [-0.25, -0.2) is 4.68 Å². The van der Waals surface area contributed by atoms with Crippen molar-refractivity contribution < 1.29 is 4.52 Å². The van der Waals surface area contributed by atoms with Gasteiger partial charge in [-0.2, -0.15) is 4.98 Å². The predicted octanol–water partition coefficient (Wildman–Crippen LogP) is 3.34. The van der Waals surface area contributed by atoms with Crippen molar-refractivity contribution in [3.63, 3.8) is 0 Å². The highest BCUT2D eigenvalue weighted by Gasteiger charge is 2.14. The van der Waals surface area contributed by atoms with Gasteiger partial charge in [-0.15, -0.1) is 5.10 Å². The largest absolute Gasteiger partial charge is 0.334 e. The summed E-state index contributed by atoms with van der Waals surface area (Å²) in [5.74, 6) is 0.877. The molecule has 0 saturated heterocycles. The Morgan fingerprint density at radius 2 is 2.00 bits per heavy atom. The number of nitrogens with zero attached hydrogens (tertiary/aromatic N) is 5. The van der Waals surface area contributed by atoms with Crippen molar-refractivity contribution >= 4 is 22.6 Å². The van der Waals surface area contributed by atoms with Gasteiger partial charge >= 0.3 is 0 Å². The summed E-state index contributed by atoms with van der Waals surface area (Å²) in [6.45, 7) is 0. The first-order chi connectivity index (χ1) is 10.7. The minimum Gasteiger partial charge on any atom is -0.334 e. The number of fused-ring (bicyclic) bond motifs is 1. The summed E-state index contributed by atoms with van der Waals surface area (Å²) >= 11 is 6.15. The van der Waals surface area contributed by atoms with E-state index in [-0.39, 0.29) is 0 Å². The Balaban J connectivity index is 1.78. The zero-order valence-corrected chi connectivity index (χ0v) is 12.3. The van der Waals surface area contributed by atoms with Crippen LogP contribution in [0.3, 0.4) is 0 Å². The molecule has 4 aromatic rings. The first-order valence-corrected chi connectivity index (χ1v) is 6.98. The van der Waals surface area contributed by atoms with E-state index in [9.17, 15) is 0 Å². The van der Waals surface area contributed by atoms with Gasteiger partial charge in [-0.1, -0.05) is 34.1 Å². The van der Waals surface area contributed by atoms with Crippen LogP contribution in [0.1, 0.15) is 0 Å². The topological polar surface area (TPSA) is 69.6 Å². The van der Waals surface area contributed by atoms with Crippen molar-refractivity contribution in [2.24, 2.45) is 7.05 Å². The average Bonchev–Trinajstić information content (AvgIpc) is 3.15. The summed E-state index contributed by atoms with van der Waals surface area (Å²) in [5.41, 5.74) is 3.25. The van der Waals surface area contributed by atoms with E-state index in [1.54, 1.807) is 10.7 Å². The lowest BCUT2D eigenvalue weighted by Crippen LogP contribution is -1.89. The summed E-state index contributed by atoms with van der Waals surface area (Å²) in [5, 5.41) is 12.7. The molecular weight excluding hydrogens is 302 g/mol. The molecule has 2 aromatic carbocycles. The number of halogens is 1. The van der Waals surface area contributed by atoms with Gasteiger partial charge in [0.25, 0.3) is 5.89 Å². The molecular formula is C15H10ClN5O. The van der Waals surface area contributed by atoms with Crippen LogP contribution in [0.25, 0.3) is 33.9 Å². The molecule has 0 atom stereocenters. The second-order valence-corrected chi connectivity index (χ2v) is 5.23. The quantitative estimate of drug-likeness (QED) is 0.568. The third-order valence-electron chi connectivity index (χ3n) is 3.40. The maximum Gasteiger partial charge on any atom is 0.259 e. The Hall–Kier alpha value is -2.73. The normalized spacial score (nSPS) is 11.2. The first kappa shape index (κ1) is 13.0. The Kier molecular flexibility index (Phi) is 2.90. The van der Waals surface area contributed by atoms with Gasteiger partial charge in [0.15, 0.2) is 0 Å². The molecule has 0 spiro atoms. The molecule has 0 bridgehead atoms. The first-order valence-electron chi connectivity index (χ1n) is 6.61. The second kappa shape index (κ2) is 4.92. The molecule has 22 heavy (non-hydrogen) atoms. The highest BCUT2D eigenvalue weighted by atomic mass is 35.5. The van der Waals surface area contributed by atoms with Gasteiger partial charge in [0.05, 0.1) is 16.1 Å². The van der Waals surface area contributed by atoms with Crippen molar-refractivity contribution in [2.75, 3.05) is 0 Å². The van der Waals surface area contributed by atoms with Crippen LogP contribution < -0.4 is 0 Å². The third-order valence-corrected chi connectivity index (χ3v) is 3.73. The van der Waals surface area contributed by atoms with Crippen LogP contribution in [0.4, 0.5) is 0 Å². The minimum atomic E-state index is 0.389. The molecule has 0 amide bonds. The van der Waals surface area contributed by atoms with E-state index in [1.807, 2.05) is 43.4 Å². The monoisotopic (exact) mass is 311 g/mol. The van der Waals surface area contributed by atoms with Gasteiger partial charge in [0.1, 0.15) is 5.52 Å².